The third kappa shape index (κ3) is 5.81. The summed E-state index contributed by atoms with van der Waals surface area (Å²) in [5, 5.41) is 21.6. The van der Waals surface area contributed by atoms with Crippen LogP contribution in [0.25, 0.3) is 5.52 Å². The van der Waals surface area contributed by atoms with Crippen LogP contribution in [0.1, 0.15) is 58.1 Å². The standard InChI is InChI=1S/C28H36N6O3/c1-6-36-22-11-9-21(10-12-22)33(27(35)37-28(3,4)5)26-19(2)25(31-16-13-20-8-7-15-30-20)23(18-29)24-14-17-32-34(24)26/h9-12,14,17,20,30-31H,6-8,13,15-16H2,1-5H3. The van der Waals surface area contributed by atoms with E-state index in [1.165, 1.54) is 11.3 Å². The second kappa shape index (κ2) is 11.1. The molecule has 9 heteroatoms. The van der Waals surface area contributed by atoms with E-state index in [4.69, 9.17) is 9.47 Å². The van der Waals surface area contributed by atoms with Gasteiger partial charge in [-0.2, -0.15) is 10.4 Å². The van der Waals surface area contributed by atoms with Crippen LogP contribution in [0.3, 0.4) is 0 Å². The molecule has 2 N–H and O–H groups in total. The van der Waals surface area contributed by atoms with Crippen LogP contribution in [0, 0.1) is 18.3 Å². The summed E-state index contributed by atoms with van der Waals surface area (Å²) in [4.78, 5) is 15.2. The number of carbonyl (C=O) groups is 1. The number of aromatic nitrogens is 2. The predicted molar refractivity (Wildman–Crippen MR) is 145 cm³/mol. The molecule has 1 atom stereocenters. The number of anilines is 3. The Kier molecular flexibility index (Phi) is 7.89. The SMILES string of the molecule is CCOc1ccc(N(C(=O)OC(C)(C)C)c2c(C)c(NCCC3CCCN3)c(C#N)c3ccnn23)cc1. The van der Waals surface area contributed by atoms with Gasteiger partial charge in [0.15, 0.2) is 0 Å². The third-order valence-electron chi connectivity index (χ3n) is 6.32. The Morgan fingerprint density at radius 3 is 2.68 bits per heavy atom. The first-order chi connectivity index (χ1) is 17.7. The quantitative estimate of drug-likeness (QED) is 0.415. The summed E-state index contributed by atoms with van der Waals surface area (Å²) in [6.45, 7) is 11.6. The van der Waals surface area contributed by atoms with Crippen LogP contribution in [-0.4, -0.2) is 47.0 Å². The van der Waals surface area contributed by atoms with Gasteiger partial charge in [0, 0.05) is 18.2 Å². The Bertz CT molecular complexity index is 1280. The van der Waals surface area contributed by atoms with Crippen LogP contribution in [0.15, 0.2) is 36.5 Å². The zero-order chi connectivity index (χ0) is 26.6. The lowest BCUT2D eigenvalue weighted by Crippen LogP contribution is -2.35. The van der Waals surface area contributed by atoms with Gasteiger partial charge in [-0.05, 0) is 90.8 Å². The Hall–Kier alpha value is -3.77. The van der Waals surface area contributed by atoms with Crippen LogP contribution >= 0.6 is 0 Å². The molecule has 1 saturated heterocycles. The van der Waals surface area contributed by atoms with Gasteiger partial charge < -0.3 is 20.1 Å². The van der Waals surface area contributed by atoms with Gasteiger partial charge >= 0.3 is 6.09 Å². The van der Waals surface area contributed by atoms with Crippen LogP contribution < -0.4 is 20.3 Å². The number of ether oxygens (including phenoxy) is 2. The van der Waals surface area contributed by atoms with Crippen LogP contribution in [-0.2, 0) is 4.74 Å². The lowest BCUT2D eigenvalue weighted by Gasteiger charge is -2.30. The minimum atomic E-state index is -0.709. The number of nitriles is 1. The van der Waals surface area contributed by atoms with Crippen LogP contribution in [0.5, 0.6) is 5.75 Å². The van der Waals surface area contributed by atoms with Gasteiger partial charge in [-0.3, -0.25) is 0 Å². The molecule has 1 unspecified atom stereocenters. The van der Waals surface area contributed by atoms with Gasteiger partial charge in [-0.15, -0.1) is 0 Å². The molecule has 3 heterocycles. The Labute approximate surface area is 218 Å². The maximum atomic E-state index is 13.7. The highest BCUT2D eigenvalue weighted by molar-refractivity contribution is 5.98. The minimum Gasteiger partial charge on any atom is -0.494 e. The summed E-state index contributed by atoms with van der Waals surface area (Å²) >= 11 is 0. The highest BCUT2D eigenvalue weighted by Gasteiger charge is 2.31. The van der Waals surface area contributed by atoms with Crippen LogP contribution in [0.4, 0.5) is 22.0 Å². The van der Waals surface area contributed by atoms with Crippen molar-refractivity contribution in [3.05, 3.63) is 47.7 Å². The van der Waals surface area contributed by atoms with Crippen molar-refractivity contribution in [2.45, 2.75) is 65.5 Å². The van der Waals surface area contributed by atoms with Crippen molar-refractivity contribution in [3.8, 4) is 11.8 Å². The van der Waals surface area contributed by atoms with Gasteiger partial charge in [0.25, 0.3) is 0 Å². The molecule has 0 aliphatic carbocycles. The molecule has 4 rings (SSSR count). The van der Waals surface area contributed by atoms with Gasteiger partial charge in [-0.1, -0.05) is 0 Å². The average molecular weight is 505 g/mol. The molecule has 1 aromatic carbocycles. The fourth-order valence-electron chi connectivity index (χ4n) is 4.70. The molecular formula is C28H36N6O3. The number of benzene rings is 1. The number of carbonyl (C=O) groups excluding carboxylic acids is 1. The number of hydrogen-bond donors (Lipinski definition) is 2. The Balaban J connectivity index is 1.83. The average Bonchev–Trinajstić information content (AvgIpc) is 3.54. The fraction of sp³-hybridized carbons (Fsp3) is 0.464. The number of hydrogen-bond acceptors (Lipinski definition) is 7. The number of nitrogens with zero attached hydrogens (tertiary/aromatic N) is 4. The number of nitrogens with one attached hydrogen (secondary N) is 2. The molecule has 1 amide bonds. The highest BCUT2D eigenvalue weighted by Crippen LogP contribution is 2.38. The van der Waals surface area contributed by atoms with Crippen molar-refractivity contribution >= 4 is 28.8 Å². The topological polar surface area (TPSA) is 104 Å². The highest BCUT2D eigenvalue weighted by atomic mass is 16.6. The van der Waals surface area contributed by atoms with E-state index in [0.717, 1.165) is 24.9 Å². The van der Waals surface area contributed by atoms with Crippen molar-refractivity contribution in [2.24, 2.45) is 0 Å². The summed E-state index contributed by atoms with van der Waals surface area (Å²) < 4.78 is 13.1. The van der Waals surface area contributed by atoms with Gasteiger partial charge in [0.1, 0.15) is 28.8 Å². The lowest BCUT2D eigenvalue weighted by atomic mass is 10.1. The summed E-state index contributed by atoms with van der Waals surface area (Å²) in [6, 6.07) is 11.9. The summed E-state index contributed by atoms with van der Waals surface area (Å²) in [6.07, 6.45) is 4.38. The number of amides is 1. The van der Waals surface area contributed by atoms with Gasteiger partial charge in [-0.25, -0.2) is 14.2 Å². The second-order valence-corrected chi connectivity index (χ2v) is 10.2. The van der Waals surface area contributed by atoms with Gasteiger partial charge in [0.2, 0.25) is 0 Å². The molecule has 1 aliphatic rings. The number of pyridine rings is 1. The molecular weight excluding hydrogens is 468 g/mol. The second-order valence-electron chi connectivity index (χ2n) is 10.2. The van der Waals surface area contributed by atoms with Crippen molar-refractivity contribution in [1.82, 2.24) is 14.9 Å². The Morgan fingerprint density at radius 1 is 1.30 bits per heavy atom. The zero-order valence-electron chi connectivity index (χ0n) is 22.3. The first-order valence-electron chi connectivity index (χ1n) is 12.9. The molecule has 2 aromatic heterocycles. The number of fused-ring (bicyclic) bond motifs is 1. The lowest BCUT2D eigenvalue weighted by molar-refractivity contribution is 0.0597. The largest absolute Gasteiger partial charge is 0.494 e. The molecule has 9 nitrogen and oxygen atoms in total. The third-order valence-corrected chi connectivity index (χ3v) is 6.32. The molecule has 0 bridgehead atoms. The normalized spacial score (nSPS) is 15.4. The first kappa shape index (κ1) is 26.3. The molecule has 37 heavy (non-hydrogen) atoms. The molecule has 3 aromatic rings. The molecule has 0 spiro atoms. The maximum Gasteiger partial charge on any atom is 0.420 e. The van der Waals surface area contributed by atoms with E-state index >= 15 is 0 Å². The van der Waals surface area contributed by atoms with Crippen molar-refractivity contribution in [3.63, 3.8) is 0 Å². The van der Waals surface area contributed by atoms with Crippen molar-refractivity contribution < 1.29 is 14.3 Å². The van der Waals surface area contributed by atoms with Crippen LogP contribution in [0.2, 0.25) is 0 Å². The summed E-state index contributed by atoms with van der Waals surface area (Å²) in [5.74, 6) is 1.22. The van der Waals surface area contributed by atoms with E-state index in [2.05, 4.69) is 21.8 Å². The Morgan fingerprint density at radius 2 is 2.05 bits per heavy atom. The predicted octanol–water partition coefficient (Wildman–Crippen LogP) is 5.54. The van der Waals surface area contributed by atoms with E-state index in [1.54, 1.807) is 16.8 Å². The smallest absolute Gasteiger partial charge is 0.420 e. The summed E-state index contributed by atoms with van der Waals surface area (Å²) in [7, 11) is 0. The van der Waals surface area contributed by atoms with Crippen molar-refractivity contribution in [1.29, 1.82) is 5.26 Å². The van der Waals surface area contributed by atoms with Gasteiger partial charge in [0.05, 0.1) is 29.7 Å². The number of rotatable bonds is 8. The first-order valence-corrected chi connectivity index (χ1v) is 12.9. The molecule has 0 saturated carbocycles. The zero-order valence-corrected chi connectivity index (χ0v) is 22.3. The van der Waals surface area contributed by atoms with E-state index in [9.17, 15) is 10.1 Å². The monoisotopic (exact) mass is 504 g/mol. The maximum absolute atomic E-state index is 13.7. The van der Waals surface area contributed by atoms with E-state index in [-0.39, 0.29) is 0 Å². The molecule has 1 aliphatic heterocycles. The van der Waals surface area contributed by atoms with E-state index < -0.39 is 11.7 Å². The van der Waals surface area contributed by atoms with Crippen molar-refractivity contribution in [2.75, 3.05) is 29.9 Å². The fourth-order valence-corrected chi connectivity index (χ4v) is 4.70. The molecule has 196 valence electrons. The summed E-state index contributed by atoms with van der Waals surface area (Å²) in [5.41, 5.74) is 2.43. The van der Waals surface area contributed by atoms with E-state index in [1.807, 2.05) is 58.9 Å². The molecule has 0 radical (unpaired) electrons. The minimum absolute atomic E-state index is 0.471. The van der Waals surface area contributed by atoms with E-state index in [0.29, 0.717) is 53.2 Å². The molecule has 1 fully saturated rings.